The summed E-state index contributed by atoms with van der Waals surface area (Å²) < 4.78 is 6.71. The molecule has 0 saturated carbocycles. The minimum atomic E-state index is -0.397. The Morgan fingerprint density at radius 2 is 2.00 bits per heavy atom. The van der Waals surface area contributed by atoms with Crippen molar-refractivity contribution in [3.05, 3.63) is 52.1 Å². The van der Waals surface area contributed by atoms with E-state index in [9.17, 15) is 9.90 Å². The van der Waals surface area contributed by atoms with E-state index in [1.165, 1.54) is 4.68 Å². The summed E-state index contributed by atoms with van der Waals surface area (Å²) in [6, 6.07) is 11.5. The average molecular weight is 328 g/mol. The van der Waals surface area contributed by atoms with Crippen molar-refractivity contribution in [1.29, 1.82) is 0 Å². The first-order valence-corrected chi connectivity index (χ1v) is 8.33. The van der Waals surface area contributed by atoms with Gasteiger partial charge in [0.2, 0.25) is 0 Å². The summed E-state index contributed by atoms with van der Waals surface area (Å²) >= 11 is 1.60. The first kappa shape index (κ1) is 14.6. The van der Waals surface area contributed by atoms with Gasteiger partial charge in [0.15, 0.2) is 0 Å². The van der Waals surface area contributed by atoms with Crippen molar-refractivity contribution in [3.8, 4) is 10.6 Å². The third-order valence-electron chi connectivity index (χ3n) is 4.26. The van der Waals surface area contributed by atoms with E-state index in [0.717, 1.165) is 16.0 Å². The number of aliphatic hydroxyl groups is 1. The van der Waals surface area contributed by atoms with Crippen molar-refractivity contribution in [1.82, 2.24) is 9.78 Å². The van der Waals surface area contributed by atoms with E-state index in [2.05, 4.69) is 5.10 Å². The van der Waals surface area contributed by atoms with Crippen LogP contribution in [-0.2, 0) is 11.3 Å². The number of aromatic nitrogens is 2. The Morgan fingerprint density at radius 1 is 1.22 bits per heavy atom. The maximum absolute atomic E-state index is 12.8. The monoisotopic (exact) mass is 328 g/mol. The topological polar surface area (TPSA) is 64.4 Å². The summed E-state index contributed by atoms with van der Waals surface area (Å²) in [6.45, 7) is 1.27. The van der Waals surface area contributed by atoms with Gasteiger partial charge in [0.05, 0.1) is 42.0 Å². The van der Waals surface area contributed by atoms with Crippen LogP contribution in [0.2, 0.25) is 0 Å². The smallest absolute Gasteiger partial charge is 0.274 e. The molecule has 5 nitrogen and oxygen atoms in total. The molecule has 1 aliphatic rings. The van der Waals surface area contributed by atoms with E-state index < -0.39 is 5.41 Å². The molecule has 0 unspecified atom stereocenters. The second-order valence-corrected chi connectivity index (χ2v) is 6.93. The molecule has 1 N–H and O–H groups in total. The summed E-state index contributed by atoms with van der Waals surface area (Å²) in [7, 11) is 0. The van der Waals surface area contributed by atoms with Crippen LogP contribution in [0.3, 0.4) is 0 Å². The molecule has 0 aliphatic carbocycles. The fourth-order valence-corrected chi connectivity index (χ4v) is 3.60. The van der Waals surface area contributed by atoms with E-state index in [0.29, 0.717) is 25.1 Å². The number of ether oxygens (including phenoxy) is 1. The quantitative estimate of drug-likeness (QED) is 0.797. The highest BCUT2D eigenvalue weighted by Crippen LogP contribution is 2.31. The molecule has 2 aromatic heterocycles. The van der Waals surface area contributed by atoms with Crippen molar-refractivity contribution in [3.63, 3.8) is 0 Å². The van der Waals surface area contributed by atoms with Gasteiger partial charge in [-0.15, -0.1) is 11.3 Å². The summed E-state index contributed by atoms with van der Waals surface area (Å²) in [5.74, 6) is 0. The molecule has 1 aromatic carbocycles. The highest BCUT2D eigenvalue weighted by atomic mass is 32.1. The molecule has 0 bridgehead atoms. The van der Waals surface area contributed by atoms with Gasteiger partial charge in [-0.2, -0.15) is 5.10 Å². The fourth-order valence-electron chi connectivity index (χ4n) is 2.88. The maximum atomic E-state index is 12.8. The number of aliphatic hydroxyl groups excluding tert-OH is 1. The minimum Gasteiger partial charge on any atom is -0.396 e. The lowest BCUT2D eigenvalue weighted by atomic mass is 9.87. The second-order valence-electron chi connectivity index (χ2n) is 5.99. The van der Waals surface area contributed by atoms with Crippen LogP contribution in [0.4, 0.5) is 0 Å². The van der Waals surface area contributed by atoms with Gasteiger partial charge < -0.3 is 9.84 Å². The van der Waals surface area contributed by atoms with Gasteiger partial charge in [0.1, 0.15) is 5.69 Å². The average Bonchev–Trinajstić information content (AvgIpc) is 3.07. The van der Waals surface area contributed by atoms with Crippen molar-refractivity contribution >= 4 is 22.1 Å². The third kappa shape index (κ3) is 2.39. The lowest BCUT2D eigenvalue weighted by Gasteiger charge is -2.39. The number of fused-ring (bicyclic) bond motifs is 1. The molecular formula is C17H16N2O3S. The van der Waals surface area contributed by atoms with Crippen molar-refractivity contribution < 1.29 is 9.84 Å². The lowest BCUT2D eigenvalue weighted by molar-refractivity contribution is -0.146. The van der Waals surface area contributed by atoms with E-state index in [4.69, 9.17) is 4.74 Å². The third-order valence-corrected chi connectivity index (χ3v) is 5.14. The Hall–Kier alpha value is -2.02. The van der Waals surface area contributed by atoms with Crippen molar-refractivity contribution in [2.24, 2.45) is 5.41 Å². The van der Waals surface area contributed by atoms with Gasteiger partial charge in [0.25, 0.3) is 5.56 Å². The Labute approximate surface area is 136 Å². The van der Waals surface area contributed by atoms with Crippen LogP contribution in [0.1, 0.15) is 0 Å². The largest absolute Gasteiger partial charge is 0.396 e. The van der Waals surface area contributed by atoms with E-state index >= 15 is 0 Å². The number of rotatable bonds is 4. The highest BCUT2D eigenvalue weighted by Gasteiger charge is 2.39. The van der Waals surface area contributed by atoms with E-state index in [1.807, 2.05) is 41.8 Å². The van der Waals surface area contributed by atoms with Gasteiger partial charge in [-0.1, -0.05) is 24.3 Å². The van der Waals surface area contributed by atoms with Gasteiger partial charge in [-0.25, -0.2) is 4.68 Å². The Balaban J connectivity index is 1.91. The first-order chi connectivity index (χ1) is 11.2. The van der Waals surface area contributed by atoms with Crippen LogP contribution in [0, 0.1) is 5.41 Å². The zero-order chi connectivity index (χ0) is 15.9. The SMILES string of the molecule is O=c1c2ccccc2c(-c2cccs2)nn1CC1(CO)COC1. The molecule has 1 fully saturated rings. The first-order valence-electron chi connectivity index (χ1n) is 7.45. The van der Waals surface area contributed by atoms with Crippen LogP contribution in [0.5, 0.6) is 0 Å². The molecule has 4 rings (SSSR count). The molecule has 1 aliphatic heterocycles. The molecule has 3 heterocycles. The molecule has 118 valence electrons. The molecular weight excluding hydrogens is 312 g/mol. The molecule has 6 heteroatoms. The molecule has 23 heavy (non-hydrogen) atoms. The van der Waals surface area contributed by atoms with Crippen LogP contribution in [-0.4, -0.2) is 34.7 Å². The summed E-state index contributed by atoms with van der Waals surface area (Å²) in [5, 5.41) is 17.7. The molecule has 3 aromatic rings. The van der Waals surface area contributed by atoms with Crippen LogP contribution < -0.4 is 5.56 Å². The summed E-state index contributed by atoms with van der Waals surface area (Å²) in [6.07, 6.45) is 0. The van der Waals surface area contributed by atoms with Crippen molar-refractivity contribution in [2.45, 2.75) is 6.54 Å². The van der Waals surface area contributed by atoms with Gasteiger partial charge in [0, 0.05) is 5.39 Å². The number of hydrogen-bond donors (Lipinski definition) is 1. The lowest BCUT2D eigenvalue weighted by Crippen LogP contribution is -2.50. The Bertz CT molecular complexity index is 892. The van der Waals surface area contributed by atoms with Gasteiger partial charge >= 0.3 is 0 Å². The molecule has 0 atom stereocenters. The summed E-state index contributed by atoms with van der Waals surface area (Å²) in [4.78, 5) is 13.8. The van der Waals surface area contributed by atoms with Gasteiger partial charge in [-0.05, 0) is 17.5 Å². The minimum absolute atomic E-state index is 0.0116. The predicted octanol–water partition coefficient (Wildman–Crippen LogP) is 2.13. The highest BCUT2D eigenvalue weighted by molar-refractivity contribution is 7.13. The fraction of sp³-hybridized carbons (Fsp3) is 0.294. The molecule has 1 saturated heterocycles. The zero-order valence-corrected chi connectivity index (χ0v) is 13.3. The van der Waals surface area contributed by atoms with Gasteiger partial charge in [-0.3, -0.25) is 4.79 Å². The summed E-state index contributed by atoms with van der Waals surface area (Å²) in [5.41, 5.74) is 0.288. The van der Waals surface area contributed by atoms with E-state index in [-0.39, 0.29) is 12.2 Å². The Kier molecular flexibility index (Phi) is 3.52. The number of thiophene rings is 1. The number of nitrogens with zero attached hydrogens (tertiary/aromatic N) is 2. The van der Waals surface area contributed by atoms with Crippen molar-refractivity contribution in [2.75, 3.05) is 19.8 Å². The zero-order valence-electron chi connectivity index (χ0n) is 12.4. The normalized spacial score (nSPS) is 16.4. The van der Waals surface area contributed by atoms with E-state index in [1.54, 1.807) is 11.3 Å². The van der Waals surface area contributed by atoms with Crippen LogP contribution in [0.25, 0.3) is 21.3 Å². The molecule has 0 spiro atoms. The molecule has 0 amide bonds. The van der Waals surface area contributed by atoms with Crippen LogP contribution in [0.15, 0.2) is 46.6 Å². The predicted molar refractivity (Wildman–Crippen MR) is 89.7 cm³/mol. The number of benzene rings is 1. The Morgan fingerprint density at radius 3 is 2.61 bits per heavy atom. The standard InChI is InChI=1S/C17H16N2O3S/c20-9-17(10-22-11-17)8-19-16(21)13-5-2-1-4-12(13)15(18-19)14-6-3-7-23-14/h1-7,20H,8-11H2. The van der Waals surface area contributed by atoms with Crippen LogP contribution >= 0.6 is 11.3 Å². The maximum Gasteiger partial charge on any atom is 0.274 e. The molecule has 0 radical (unpaired) electrons. The number of hydrogen-bond acceptors (Lipinski definition) is 5. The second kappa shape index (κ2) is 5.56.